The molecule has 1 aromatic heterocycles. The zero-order chi connectivity index (χ0) is 20.0. The second-order valence-electron chi connectivity index (χ2n) is 6.14. The number of hydrogen-bond donors (Lipinski definition) is 3. The van der Waals surface area contributed by atoms with Gasteiger partial charge in [-0.05, 0) is 51.5 Å². The highest BCUT2D eigenvalue weighted by molar-refractivity contribution is 8.00. The van der Waals surface area contributed by atoms with Crippen molar-refractivity contribution in [3.8, 4) is 5.75 Å². The maximum Gasteiger partial charge on any atom is 0.321 e. The zero-order valence-electron chi connectivity index (χ0n) is 15.5. The van der Waals surface area contributed by atoms with E-state index in [2.05, 4.69) is 25.8 Å². The molecule has 0 aliphatic carbocycles. The summed E-state index contributed by atoms with van der Waals surface area (Å²) < 4.78 is 5.65. The molecule has 146 valence electrons. The van der Waals surface area contributed by atoms with Crippen LogP contribution in [0.2, 0.25) is 5.02 Å². The number of rotatable bonds is 7. The summed E-state index contributed by atoms with van der Waals surface area (Å²) in [6, 6.07) is 4.80. The number of urea groups is 1. The Hall–Kier alpha value is -2.26. The molecule has 0 bridgehead atoms. The van der Waals surface area contributed by atoms with Gasteiger partial charge in [0.1, 0.15) is 12.4 Å². The monoisotopic (exact) mass is 411 g/mol. The normalized spacial score (nSPS) is 11.9. The summed E-state index contributed by atoms with van der Waals surface area (Å²) in [5.41, 5.74) is 0.921. The second kappa shape index (κ2) is 9.61. The molecule has 0 spiro atoms. The Morgan fingerprint density at radius 3 is 2.74 bits per heavy atom. The Labute approximate surface area is 166 Å². The van der Waals surface area contributed by atoms with Gasteiger partial charge in [0.2, 0.25) is 11.1 Å². The lowest BCUT2D eigenvalue weighted by atomic mass is 10.2. The van der Waals surface area contributed by atoms with Crippen LogP contribution in [-0.4, -0.2) is 38.4 Å². The van der Waals surface area contributed by atoms with E-state index in [1.807, 2.05) is 26.8 Å². The minimum Gasteiger partial charge on any atom is -0.486 e. The van der Waals surface area contributed by atoms with E-state index in [-0.39, 0.29) is 12.6 Å². The predicted octanol–water partition coefficient (Wildman–Crippen LogP) is 3.06. The van der Waals surface area contributed by atoms with Gasteiger partial charge in [0.25, 0.3) is 0 Å². The molecule has 0 aliphatic heterocycles. The summed E-state index contributed by atoms with van der Waals surface area (Å²) in [4.78, 5) is 27.9. The van der Waals surface area contributed by atoms with Gasteiger partial charge in [0.15, 0.2) is 5.82 Å². The van der Waals surface area contributed by atoms with Crippen molar-refractivity contribution in [3.05, 3.63) is 34.6 Å². The lowest BCUT2D eigenvalue weighted by Gasteiger charge is -2.11. The Kier molecular flexibility index (Phi) is 7.49. The summed E-state index contributed by atoms with van der Waals surface area (Å²) >= 11 is 7.13. The molecule has 8 nitrogen and oxygen atoms in total. The second-order valence-corrected chi connectivity index (χ2v) is 7.86. The van der Waals surface area contributed by atoms with Gasteiger partial charge in [0, 0.05) is 11.1 Å². The van der Waals surface area contributed by atoms with Crippen molar-refractivity contribution in [3.63, 3.8) is 0 Å². The van der Waals surface area contributed by atoms with Crippen LogP contribution in [0.4, 0.5) is 4.79 Å². The molecule has 10 heteroatoms. The number of amides is 3. The average Bonchev–Trinajstić information content (AvgIpc) is 3.02. The van der Waals surface area contributed by atoms with Crippen LogP contribution >= 0.6 is 23.4 Å². The van der Waals surface area contributed by atoms with E-state index < -0.39 is 17.2 Å². The number of aromatic amines is 1. The maximum absolute atomic E-state index is 12.0. The van der Waals surface area contributed by atoms with Gasteiger partial charge >= 0.3 is 6.03 Å². The number of nitrogens with one attached hydrogen (secondary N) is 3. The van der Waals surface area contributed by atoms with Gasteiger partial charge in [-0.15, -0.1) is 5.10 Å². The molecule has 3 N–H and O–H groups in total. The minimum atomic E-state index is -0.536. The van der Waals surface area contributed by atoms with Crippen LogP contribution in [0.1, 0.15) is 32.2 Å². The van der Waals surface area contributed by atoms with Crippen LogP contribution in [0.3, 0.4) is 0 Å². The highest BCUT2D eigenvalue weighted by Gasteiger charge is 2.19. The first kappa shape index (κ1) is 21.0. The van der Waals surface area contributed by atoms with Crippen molar-refractivity contribution in [2.75, 3.05) is 0 Å². The lowest BCUT2D eigenvalue weighted by Crippen LogP contribution is -2.45. The highest BCUT2D eigenvalue weighted by Crippen LogP contribution is 2.22. The first-order chi connectivity index (χ1) is 12.7. The lowest BCUT2D eigenvalue weighted by molar-refractivity contribution is -0.119. The molecule has 0 saturated heterocycles. The molecule has 2 rings (SSSR count). The Morgan fingerprint density at radius 1 is 1.33 bits per heavy atom. The number of ether oxygens (including phenoxy) is 1. The number of carbonyl (C=O) groups is 2. The SMILES string of the molecule is Cc1cc(OCc2nc(S[C@H](C)C(=O)NC(=O)NC(C)C)n[nH]2)ccc1Cl. The number of hydrogen-bond acceptors (Lipinski definition) is 6. The van der Waals surface area contributed by atoms with Crippen LogP contribution < -0.4 is 15.4 Å². The Bertz CT molecular complexity index is 812. The minimum absolute atomic E-state index is 0.0549. The topological polar surface area (TPSA) is 109 Å². The number of aryl methyl sites for hydroxylation is 1. The number of imide groups is 1. The molecular formula is C17H22ClN5O3S. The Balaban J connectivity index is 1.84. The standard InChI is InChI=1S/C17H22ClN5O3S/c1-9(2)19-16(25)21-15(24)11(4)27-17-20-14(22-23-17)8-26-12-5-6-13(18)10(3)7-12/h5-7,9,11H,8H2,1-4H3,(H,20,22,23)(H2,19,21,24,25)/t11-/m1/s1. The largest absolute Gasteiger partial charge is 0.486 e. The van der Waals surface area contributed by atoms with E-state index in [9.17, 15) is 9.59 Å². The van der Waals surface area contributed by atoms with E-state index in [0.29, 0.717) is 21.8 Å². The summed E-state index contributed by atoms with van der Waals surface area (Å²) in [6.07, 6.45) is 0. The molecule has 0 radical (unpaired) electrons. The third-order valence-corrected chi connectivity index (χ3v) is 4.71. The zero-order valence-corrected chi connectivity index (χ0v) is 17.1. The third-order valence-electron chi connectivity index (χ3n) is 3.32. The molecule has 0 unspecified atom stereocenters. The molecule has 0 aliphatic rings. The quantitative estimate of drug-likeness (QED) is 0.604. The van der Waals surface area contributed by atoms with E-state index in [4.69, 9.17) is 16.3 Å². The van der Waals surface area contributed by atoms with E-state index >= 15 is 0 Å². The van der Waals surface area contributed by atoms with E-state index in [0.717, 1.165) is 17.3 Å². The van der Waals surface area contributed by atoms with Gasteiger partial charge in [-0.25, -0.2) is 9.78 Å². The van der Waals surface area contributed by atoms with Crippen LogP contribution in [0.5, 0.6) is 5.75 Å². The third kappa shape index (κ3) is 6.76. The number of aromatic nitrogens is 3. The van der Waals surface area contributed by atoms with Crippen molar-refractivity contribution in [2.45, 2.75) is 50.8 Å². The maximum atomic E-state index is 12.0. The van der Waals surface area contributed by atoms with Crippen LogP contribution in [0.25, 0.3) is 0 Å². The van der Waals surface area contributed by atoms with Gasteiger partial charge in [0.05, 0.1) is 5.25 Å². The van der Waals surface area contributed by atoms with Crippen molar-refractivity contribution >= 4 is 35.3 Å². The first-order valence-corrected chi connectivity index (χ1v) is 9.58. The van der Waals surface area contributed by atoms with Gasteiger partial charge < -0.3 is 10.1 Å². The number of carbonyl (C=O) groups excluding carboxylic acids is 2. The molecule has 0 fully saturated rings. The number of H-pyrrole nitrogens is 1. The molecule has 2 aromatic rings. The van der Waals surface area contributed by atoms with Gasteiger partial charge in [-0.1, -0.05) is 23.4 Å². The van der Waals surface area contributed by atoms with Crippen molar-refractivity contribution < 1.29 is 14.3 Å². The van der Waals surface area contributed by atoms with Crippen molar-refractivity contribution in [1.29, 1.82) is 0 Å². The molecule has 27 heavy (non-hydrogen) atoms. The van der Waals surface area contributed by atoms with Crippen molar-refractivity contribution in [2.24, 2.45) is 0 Å². The Morgan fingerprint density at radius 2 is 2.07 bits per heavy atom. The van der Waals surface area contributed by atoms with Gasteiger partial charge in [-0.3, -0.25) is 15.2 Å². The number of nitrogens with zero attached hydrogens (tertiary/aromatic N) is 2. The number of benzene rings is 1. The summed E-state index contributed by atoms with van der Waals surface area (Å²) in [5, 5.41) is 12.2. The van der Waals surface area contributed by atoms with E-state index in [1.165, 1.54) is 0 Å². The van der Waals surface area contributed by atoms with Gasteiger partial charge in [-0.2, -0.15) is 0 Å². The fourth-order valence-corrected chi connectivity index (χ4v) is 2.84. The van der Waals surface area contributed by atoms with Crippen LogP contribution in [0, 0.1) is 6.92 Å². The molecule has 1 aromatic carbocycles. The molecule has 0 saturated carbocycles. The summed E-state index contributed by atoms with van der Waals surface area (Å²) in [6.45, 7) is 7.39. The smallest absolute Gasteiger partial charge is 0.321 e. The fraction of sp³-hybridized carbons (Fsp3) is 0.412. The highest BCUT2D eigenvalue weighted by atomic mass is 35.5. The fourth-order valence-electron chi connectivity index (χ4n) is 1.98. The molecular weight excluding hydrogens is 390 g/mol. The number of thioether (sulfide) groups is 1. The molecule has 3 amide bonds. The average molecular weight is 412 g/mol. The summed E-state index contributed by atoms with van der Waals surface area (Å²) in [5.74, 6) is 0.777. The van der Waals surface area contributed by atoms with Crippen LogP contribution in [0.15, 0.2) is 23.4 Å². The first-order valence-electron chi connectivity index (χ1n) is 8.33. The predicted molar refractivity (Wildman–Crippen MR) is 104 cm³/mol. The summed E-state index contributed by atoms with van der Waals surface area (Å²) in [7, 11) is 0. The molecule has 1 atom stereocenters. The number of halogens is 1. The van der Waals surface area contributed by atoms with E-state index in [1.54, 1.807) is 19.1 Å². The van der Waals surface area contributed by atoms with Crippen LogP contribution in [-0.2, 0) is 11.4 Å². The van der Waals surface area contributed by atoms with Crippen molar-refractivity contribution in [1.82, 2.24) is 25.8 Å². The molecule has 1 heterocycles.